The smallest absolute Gasteiger partial charge is 0.137 e. The minimum absolute atomic E-state index is 0.726. The SMILES string of the molecule is CCCNc1ncnc(N2CC3CCC2C3)c1CC. The summed E-state index contributed by atoms with van der Waals surface area (Å²) in [6, 6.07) is 0.726. The van der Waals surface area contributed by atoms with Gasteiger partial charge < -0.3 is 10.2 Å². The molecule has 1 aromatic heterocycles. The Kier molecular flexibility index (Phi) is 3.58. The molecular formula is C15H24N4. The van der Waals surface area contributed by atoms with Crippen LogP contribution in [0.4, 0.5) is 11.6 Å². The number of fused-ring (bicyclic) bond motifs is 2. The van der Waals surface area contributed by atoms with Gasteiger partial charge in [-0.1, -0.05) is 13.8 Å². The van der Waals surface area contributed by atoms with Gasteiger partial charge in [0, 0.05) is 24.7 Å². The third-order valence-corrected chi connectivity index (χ3v) is 4.50. The molecule has 1 aromatic rings. The van der Waals surface area contributed by atoms with Gasteiger partial charge in [0.15, 0.2) is 0 Å². The van der Waals surface area contributed by atoms with Crippen molar-refractivity contribution >= 4 is 11.6 Å². The number of nitrogens with one attached hydrogen (secondary N) is 1. The van der Waals surface area contributed by atoms with Gasteiger partial charge in [0.25, 0.3) is 0 Å². The van der Waals surface area contributed by atoms with E-state index in [1.165, 1.54) is 37.2 Å². The van der Waals surface area contributed by atoms with E-state index in [9.17, 15) is 0 Å². The Morgan fingerprint density at radius 1 is 1.32 bits per heavy atom. The standard InChI is InChI=1S/C15H24N4/c1-3-7-16-14-13(4-2)15(18-10-17-14)19-9-11-5-6-12(19)8-11/h10-12H,3-9H2,1-2H3,(H,16,17,18). The van der Waals surface area contributed by atoms with E-state index >= 15 is 0 Å². The second kappa shape index (κ2) is 5.35. The fourth-order valence-electron chi connectivity index (χ4n) is 3.56. The molecule has 2 heterocycles. The summed E-state index contributed by atoms with van der Waals surface area (Å²) in [4.78, 5) is 11.6. The lowest BCUT2D eigenvalue weighted by Gasteiger charge is -2.30. The van der Waals surface area contributed by atoms with Gasteiger partial charge in [-0.2, -0.15) is 0 Å². The summed E-state index contributed by atoms with van der Waals surface area (Å²) >= 11 is 0. The number of rotatable bonds is 5. The van der Waals surface area contributed by atoms with Crippen molar-refractivity contribution in [1.29, 1.82) is 0 Å². The first-order valence-electron chi connectivity index (χ1n) is 7.67. The van der Waals surface area contributed by atoms with Gasteiger partial charge in [0.05, 0.1) is 0 Å². The molecule has 0 radical (unpaired) electrons. The monoisotopic (exact) mass is 260 g/mol. The van der Waals surface area contributed by atoms with E-state index in [0.29, 0.717) is 0 Å². The van der Waals surface area contributed by atoms with E-state index < -0.39 is 0 Å². The molecule has 2 unspecified atom stereocenters. The van der Waals surface area contributed by atoms with Gasteiger partial charge in [-0.05, 0) is 38.0 Å². The van der Waals surface area contributed by atoms with E-state index in [-0.39, 0.29) is 0 Å². The molecule has 1 aliphatic carbocycles. The maximum absolute atomic E-state index is 4.59. The normalized spacial score (nSPS) is 25.1. The zero-order chi connectivity index (χ0) is 13.2. The molecule has 0 spiro atoms. The van der Waals surface area contributed by atoms with Gasteiger partial charge in [-0.15, -0.1) is 0 Å². The maximum Gasteiger partial charge on any atom is 0.137 e. The van der Waals surface area contributed by atoms with Crippen molar-refractivity contribution in [2.75, 3.05) is 23.3 Å². The number of hydrogen-bond acceptors (Lipinski definition) is 4. The first-order valence-corrected chi connectivity index (χ1v) is 7.67. The van der Waals surface area contributed by atoms with Crippen molar-refractivity contribution in [2.45, 2.75) is 52.0 Å². The Labute approximate surface area is 115 Å². The molecule has 0 amide bonds. The average Bonchev–Trinajstić information content (AvgIpc) is 3.07. The van der Waals surface area contributed by atoms with Crippen molar-refractivity contribution in [2.24, 2.45) is 5.92 Å². The number of piperidine rings is 1. The van der Waals surface area contributed by atoms with Gasteiger partial charge in [0.1, 0.15) is 18.0 Å². The molecule has 2 aliphatic rings. The van der Waals surface area contributed by atoms with Gasteiger partial charge in [0.2, 0.25) is 0 Å². The van der Waals surface area contributed by atoms with Crippen molar-refractivity contribution in [3.05, 3.63) is 11.9 Å². The summed E-state index contributed by atoms with van der Waals surface area (Å²) in [7, 11) is 0. The average molecular weight is 260 g/mol. The highest BCUT2D eigenvalue weighted by Crippen LogP contribution is 2.41. The van der Waals surface area contributed by atoms with Crippen LogP contribution in [-0.2, 0) is 6.42 Å². The lowest BCUT2D eigenvalue weighted by molar-refractivity contribution is 0.549. The van der Waals surface area contributed by atoms with Crippen LogP contribution in [0.5, 0.6) is 0 Å². The van der Waals surface area contributed by atoms with Crippen LogP contribution in [0.15, 0.2) is 6.33 Å². The van der Waals surface area contributed by atoms with E-state index in [4.69, 9.17) is 0 Å². The van der Waals surface area contributed by atoms with Crippen LogP contribution in [0.2, 0.25) is 0 Å². The van der Waals surface area contributed by atoms with Crippen LogP contribution in [0, 0.1) is 5.92 Å². The van der Waals surface area contributed by atoms with Crippen molar-refractivity contribution in [3.8, 4) is 0 Å². The Morgan fingerprint density at radius 2 is 2.21 bits per heavy atom. The summed E-state index contributed by atoms with van der Waals surface area (Å²) in [5.41, 5.74) is 1.29. The number of aromatic nitrogens is 2. The molecule has 104 valence electrons. The predicted octanol–water partition coefficient (Wildman–Crippen LogP) is 2.85. The molecule has 2 atom stereocenters. The van der Waals surface area contributed by atoms with Crippen LogP contribution in [-0.4, -0.2) is 29.1 Å². The van der Waals surface area contributed by atoms with Gasteiger partial charge in [-0.3, -0.25) is 0 Å². The molecule has 1 saturated heterocycles. The van der Waals surface area contributed by atoms with Crippen LogP contribution in [0.3, 0.4) is 0 Å². The van der Waals surface area contributed by atoms with Gasteiger partial charge >= 0.3 is 0 Å². The molecular weight excluding hydrogens is 236 g/mol. The Balaban J connectivity index is 1.88. The summed E-state index contributed by atoms with van der Waals surface area (Å²) in [5.74, 6) is 3.12. The van der Waals surface area contributed by atoms with E-state index in [1.54, 1.807) is 6.33 Å². The number of nitrogens with zero attached hydrogens (tertiary/aromatic N) is 3. The Bertz CT molecular complexity index is 446. The maximum atomic E-state index is 4.59. The summed E-state index contributed by atoms with van der Waals surface area (Å²) in [5, 5.41) is 3.44. The third-order valence-electron chi connectivity index (χ3n) is 4.50. The summed E-state index contributed by atoms with van der Waals surface area (Å²) in [6.07, 6.45) is 7.96. The molecule has 1 N–H and O–H groups in total. The van der Waals surface area contributed by atoms with E-state index in [2.05, 4.69) is 34.0 Å². The second-order valence-electron chi connectivity index (χ2n) is 5.79. The summed E-state index contributed by atoms with van der Waals surface area (Å²) < 4.78 is 0. The fraction of sp³-hybridized carbons (Fsp3) is 0.733. The molecule has 4 heteroatoms. The molecule has 2 bridgehead atoms. The lowest BCUT2D eigenvalue weighted by Crippen LogP contribution is -2.33. The third kappa shape index (κ3) is 2.28. The van der Waals surface area contributed by atoms with Crippen molar-refractivity contribution in [3.63, 3.8) is 0 Å². The zero-order valence-electron chi connectivity index (χ0n) is 12.0. The molecule has 1 saturated carbocycles. The van der Waals surface area contributed by atoms with Crippen LogP contribution < -0.4 is 10.2 Å². The van der Waals surface area contributed by atoms with E-state index in [0.717, 1.165) is 37.2 Å². The summed E-state index contributed by atoms with van der Waals surface area (Å²) in [6.45, 7) is 6.56. The highest BCUT2D eigenvalue weighted by molar-refractivity contribution is 5.60. The minimum Gasteiger partial charge on any atom is -0.370 e. The minimum atomic E-state index is 0.726. The predicted molar refractivity (Wildman–Crippen MR) is 78.7 cm³/mol. The molecule has 0 aromatic carbocycles. The first-order chi connectivity index (χ1) is 9.33. The zero-order valence-corrected chi connectivity index (χ0v) is 12.0. The van der Waals surface area contributed by atoms with Crippen LogP contribution in [0.1, 0.15) is 45.1 Å². The number of anilines is 2. The lowest BCUT2D eigenvalue weighted by atomic mass is 10.1. The van der Waals surface area contributed by atoms with Crippen molar-refractivity contribution in [1.82, 2.24) is 9.97 Å². The quantitative estimate of drug-likeness (QED) is 0.884. The molecule has 19 heavy (non-hydrogen) atoms. The first kappa shape index (κ1) is 12.7. The topological polar surface area (TPSA) is 41.1 Å². The molecule has 4 nitrogen and oxygen atoms in total. The Morgan fingerprint density at radius 3 is 2.84 bits per heavy atom. The molecule has 3 rings (SSSR count). The van der Waals surface area contributed by atoms with Crippen LogP contribution >= 0.6 is 0 Å². The van der Waals surface area contributed by atoms with E-state index in [1.807, 2.05) is 0 Å². The van der Waals surface area contributed by atoms with Gasteiger partial charge in [-0.25, -0.2) is 9.97 Å². The largest absolute Gasteiger partial charge is 0.370 e. The van der Waals surface area contributed by atoms with Crippen LogP contribution in [0.25, 0.3) is 0 Å². The Hall–Kier alpha value is -1.32. The number of hydrogen-bond donors (Lipinski definition) is 1. The molecule has 2 fully saturated rings. The van der Waals surface area contributed by atoms with Crippen molar-refractivity contribution < 1.29 is 0 Å². The second-order valence-corrected chi connectivity index (χ2v) is 5.79. The highest BCUT2D eigenvalue weighted by Gasteiger charge is 2.39. The highest BCUT2D eigenvalue weighted by atomic mass is 15.3. The fourth-order valence-corrected chi connectivity index (χ4v) is 3.56. The molecule has 1 aliphatic heterocycles.